The Hall–Kier alpha value is -3.17. The van der Waals surface area contributed by atoms with Crippen molar-refractivity contribution in [3.05, 3.63) is 52.0 Å². The number of para-hydroxylation sites is 1. The lowest BCUT2D eigenvalue weighted by molar-refractivity contribution is -0.139. The van der Waals surface area contributed by atoms with Gasteiger partial charge in [0.25, 0.3) is 5.91 Å². The molecule has 0 aliphatic carbocycles. The number of carbonyl (C=O) groups is 3. The van der Waals surface area contributed by atoms with Crippen molar-refractivity contribution in [2.75, 3.05) is 38.8 Å². The Morgan fingerprint density at radius 1 is 1.06 bits per heavy atom. The highest BCUT2D eigenvalue weighted by Gasteiger charge is 2.36. The van der Waals surface area contributed by atoms with Gasteiger partial charge in [-0.3, -0.25) is 9.69 Å². The molecular formula is C21H21Cl2N3O6. The molecule has 0 aromatic heterocycles. The smallest absolute Gasteiger partial charge is 0.328 e. The van der Waals surface area contributed by atoms with Crippen molar-refractivity contribution in [2.24, 2.45) is 0 Å². The van der Waals surface area contributed by atoms with Crippen LogP contribution in [0.5, 0.6) is 11.5 Å². The highest BCUT2D eigenvalue weighted by molar-refractivity contribution is 6.39. The quantitative estimate of drug-likeness (QED) is 0.599. The molecule has 2 aromatic carbocycles. The third-order valence-corrected chi connectivity index (χ3v) is 5.59. The first-order valence-corrected chi connectivity index (χ1v) is 10.3. The predicted octanol–water partition coefficient (Wildman–Crippen LogP) is 3.14. The SMILES string of the molecule is COc1cccc(OC)c1N1CCN(CC(NC(=O)c2c(Cl)cccc2Cl)C(=O)O)C1=O. The number of carboxylic acids is 1. The fourth-order valence-electron chi connectivity index (χ4n) is 3.41. The van der Waals surface area contributed by atoms with Gasteiger partial charge in [-0.05, 0) is 24.3 Å². The summed E-state index contributed by atoms with van der Waals surface area (Å²) < 4.78 is 10.7. The highest BCUT2D eigenvalue weighted by Crippen LogP contribution is 2.39. The van der Waals surface area contributed by atoms with Gasteiger partial charge in [0.05, 0.1) is 36.4 Å². The van der Waals surface area contributed by atoms with E-state index in [1.807, 2.05) is 0 Å². The zero-order valence-electron chi connectivity index (χ0n) is 17.3. The molecule has 1 heterocycles. The predicted molar refractivity (Wildman–Crippen MR) is 119 cm³/mol. The minimum atomic E-state index is -1.38. The van der Waals surface area contributed by atoms with E-state index in [1.165, 1.54) is 36.2 Å². The van der Waals surface area contributed by atoms with E-state index in [4.69, 9.17) is 32.7 Å². The maximum Gasteiger partial charge on any atom is 0.328 e. The number of ether oxygens (including phenoxy) is 2. The maximum atomic E-state index is 13.1. The molecule has 2 aromatic rings. The molecule has 2 N–H and O–H groups in total. The number of hydrogen-bond acceptors (Lipinski definition) is 5. The van der Waals surface area contributed by atoms with Crippen LogP contribution in [0.2, 0.25) is 10.0 Å². The van der Waals surface area contributed by atoms with Gasteiger partial charge in [-0.15, -0.1) is 0 Å². The second-order valence-electron chi connectivity index (χ2n) is 6.85. The summed E-state index contributed by atoms with van der Waals surface area (Å²) in [6.07, 6.45) is 0. The molecule has 11 heteroatoms. The standard InChI is InChI=1S/C21H21Cl2N3O6/c1-31-15-7-4-8-16(32-2)18(15)26-10-9-25(21(26)30)11-14(20(28)29)24-19(27)17-12(22)5-3-6-13(17)23/h3-8,14H,9-11H2,1-2H3,(H,24,27)(H,28,29). The van der Waals surface area contributed by atoms with Crippen LogP contribution >= 0.6 is 23.2 Å². The number of benzene rings is 2. The van der Waals surface area contributed by atoms with Crippen LogP contribution < -0.4 is 19.7 Å². The molecule has 3 amide bonds. The van der Waals surface area contributed by atoms with Crippen molar-refractivity contribution >= 4 is 46.8 Å². The first-order chi connectivity index (χ1) is 15.3. The summed E-state index contributed by atoms with van der Waals surface area (Å²) in [7, 11) is 2.96. The lowest BCUT2D eigenvalue weighted by atomic mass is 10.2. The number of urea groups is 1. The molecule has 170 valence electrons. The Morgan fingerprint density at radius 3 is 2.16 bits per heavy atom. The molecular weight excluding hydrogens is 461 g/mol. The van der Waals surface area contributed by atoms with Crippen LogP contribution in [0.3, 0.4) is 0 Å². The summed E-state index contributed by atoms with van der Waals surface area (Å²) in [6, 6.07) is 7.82. The van der Waals surface area contributed by atoms with E-state index in [0.717, 1.165) is 0 Å². The van der Waals surface area contributed by atoms with Gasteiger partial charge in [-0.25, -0.2) is 9.59 Å². The van der Waals surface area contributed by atoms with Gasteiger partial charge in [-0.1, -0.05) is 35.3 Å². The van der Waals surface area contributed by atoms with Crippen molar-refractivity contribution in [3.63, 3.8) is 0 Å². The molecule has 1 aliphatic rings. The van der Waals surface area contributed by atoms with Crippen molar-refractivity contribution in [1.29, 1.82) is 0 Å². The number of methoxy groups -OCH3 is 2. The van der Waals surface area contributed by atoms with Crippen LogP contribution in [0.1, 0.15) is 10.4 Å². The van der Waals surface area contributed by atoms with E-state index in [9.17, 15) is 19.5 Å². The topological polar surface area (TPSA) is 108 Å². The van der Waals surface area contributed by atoms with Crippen LogP contribution in [-0.4, -0.2) is 67.8 Å². The van der Waals surface area contributed by atoms with E-state index in [-0.39, 0.29) is 35.2 Å². The molecule has 9 nitrogen and oxygen atoms in total. The van der Waals surface area contributed by atoms with Gasteiger partial charge < -0.3 is 24.8 Å². The molecule has 32 heavy (non-hydrogen) atoms. The van der Waals surface area contributed by atoms with Crippen LogP contribution in [-0.2, 0) is 4.79 Å². The van der Waals surface area contributed by atoms with Gasteiger partial charge in [-0.2, -0.15) is 0 Å². The average Bonchev–Trinajstić information content (AvgIpc) is 3.12. The Kier molecular flexibility index (Phi) is 7.32. The second kappa shape index (κ2) is 9.97. The molecule has 1 fully saturated rings. The summed E-state index contributed by atoms with van der Waals surface area (Å²) >= 11 is 12.1. The van der Waals surface area contributed by atoms with Gasteiger partial charge in [0, 0.05) is 13.1 Å². The lowest BCUT2D eigenvalue weighted by Crippen LogP contribution is -2.49. The molecule has 0 bridgehead atoms. The van der Waals surface area contributed by atoms with E-state index in [0.29, 0.717) is 17.2 Å². The zero-order chi connectivity index (χ0) is 23.4. The fraction of sp³-hybridized carbons (Fsp3) is 0.286. The Labute approximate surface area is 194 Å². The van der Waals surface area contributed by atoms with Crippen molar-refractivity contribution in [3.8, 4) is 11.5 Å². The number of nitrogens with one attached hydrogen (secondary N) is 1. The van der Waals surface area contributed by atoms with E-state index >= 15 is 0 Å². The molecule has 3 rings (SSSR count). The van der Waals surface area contributed by atoms with Crippen LogP contribution in [0.25, 0.3) is 0 Å². The lowest BCUT2D eigenvalue weighted by Gasteiger charge is -2.24. The van der Waals surface area contributed by atoms with Crippen LogP contribution in [0.15, 0.2) is 36.4 Å². The fourth-order valence-corrected chi connectivity index (χ4v) is 3.98. The number of aliphatic carboxylic acids is 1. The van der Waals surface area contributed by atoms with Crippen molar-refractivity contribution in [2.45, 2.75) is 6.04 Å². The van der Waals surface area contributed by atoms with Crippen molar-refractivity contribution in [1.82, 2.24) is 10.2 Å². The summed E-state index contributed by atoms with van der Waals surface area (Å²) in [5.74, 6) is -1.17. The monoisotopic (exact) mass is 481 g/mol. The molecule has 0 radical (unpaired) electrons. The number of nitrogens with zero attached hydrogens (tertiary/aromatic N) is 2. The molecule has 1 saturated heterocycles. The number of carbonyl (C=O) groups excluding carboxylic acids is 2. The molecule has 1 aliphatic heterocycles. The third kappa shape index (κ3) is 4.68. The number of hydrogen-bond donors (Lipinski definition) is 2. The maximum absolute atomic E-state index is 13.1. The Balaban J connectivity index is 1.78. The second-order valence-corrected chi connectivity index (χ2v) is 7.67. The average molecular weight is 482 g/mol. The van der Waals surface area contributed by atoms with Gasteiger partial charge >= 0.3 is 12.0 Å². The minimum Gasteiger partial charge on any atom is -0.494 e. The van der Waals surface area contributed by atoms with E-state index in [1.54, 1.807) is 24.3 Å². The highest BCUT2D eigenvalue weighted by atomic mass is 35.5. The van der Waals surface area contributed by atoms with Crippen LogP contribution in [0.4, 0.5) is 10.5 Å². The van der Waals surface area contributed by atoms with Gasteiger partial charge in [0.15, 0.2) is 0 Å². The molecule has 0 spiro atoms. The first kappa shape index (κ1) is 23.5. The molecule has 0 saturated carbocycles. The Bertz CT molecular complexity index is 1010. The summed E-state index contributed by atoms with van der Waals surface area (Å²) in [6.45, 7) is 0.272. The van der Waals surface area contributed by atoms with Gasteiger partial charge in [0.1, 0.15) is 23.2 Å². The minimum absolute atomic E-state index is 0.0322. The number of halogens is 2. The molecule has 1 unspecified atom stereocenters. The largest absolute Gasteiger partial charge is 0.494 e. The van der Waals surface area contributed by atoms with Crippen molar-refractivity contribution < 1.29 is 29.0 Å². The third-order valence-electron chi connectivity index (χ3n) is 4.96. The van der Waals surface area contributed by atoms with Gasteiger partial charge in [0.2, 0.25) is 0 Å². The number of rotatable bonds is 8. The normalized spacial score (nSPS) is 14.3. The summed E-state index contributed by atoms with van der Waals surface area (Å²) in [5.41, 5.74) is 0.416. The zero-order valence-corrected chi connectivity index (χ0v) is 18.8. The van der Waals surface area contributed by atoms with E-state index in [2.05, 4.69) is 5.32 Å². The molecule has 1 atom stereocenters. The summed E-state index contributed by atoms with van der Waals surface area (Å²) in [4.78, 5) is 40.3. The summed E-state index contributed by atoms with van der Waals surface area (Å²) in [5, 5.41) is 12.2. The van der Waals surface area contributed by atoms with Crippen LogP contribution in [0, 0.1) is 0 Å². The number of carboxylic acid groups (broad SMARTS) is 1. The number of amides is 3. The number of anilines is 1. The first-order valence-electron chi connectivity index (χ1n) is 9.53. The Morgan fingerprint density at radius 2 is 1.62 bits per heavy atom. The van der Waals surface area contributed by atoms with E-state index < -0.39 is 23.9 Å².